The number of unbranched alkanes of at least 4 members (excludes halogenated alkanes) is 8. The average molecular weight is 309 g/mol. The van der Waals surface area contributed by atoms with E-state index in [0.717, 1.165) is 44.9 Å². The second kappa shape index (κ2) is 32.0. The second-order valence-electron chi connectivity index (χ2n) is 5.08. The van der Waals surface area contributed by atoms with Crippen LogP contribution in [0.25, 0.3) is 0 Å². The lowest BCUT2D eigenvalue weighted by atomic mass is 10.2. The van der Waals surface area contributed by atoms with Crippen LogP contribution in [0.1, 0.15) is 84.5 Å². The summed E-state index contributed by atoms with van der Waals surface area (Å²) in [4.78, 5) is 0. The first-order chi connectivity index (χ1) is 10.2. The molecule has 4 heteroatoms. The smallest absolute Gasteiger partial charge is 0.0431 e. The van der Waals surface area contributed by atoms with Crippen LogP contribution in [0.3, 0.4) is 0 Å². The van der Waals surface area contributed by atoms with Gasteiger partial charge in [-0.25, -0.2) is 0 Å². The number of hydrogen-bond donors (Lipinski definition) is 4. The minimum absolute atomic E-state index is 0.250. The van der Waals surface area contributed by atoms with Crippen molar-refractivity contribution in [1.29, 1.82) is 0 Å². The van der Waals surface area contributed by atoms with Gasteiger partial charge in [0.2, 0.25) is 0 Å². The Hall–Kier alpha value is -0.160. The van der Waals surface area contributed by atoms with E-state index in [2.05, 4.69) is 13.8 Å². The van der Waals surface area contributed by atoms with Gasteiger partial charge in [0.15, 0.2) is 0 Å². The largest absolute Gasteiger partial charge is 0.396 e. The van der Waals surface area contributed by atoms with Crippen LogP contribution in [-0.4, -0.2) is 46.9 Å². The highest BCUT2D eigenvalue weighted by Crippen LogP contribution is 1.96. The van der Waals surface area contributed by atoms with Crippen LogP contribution in [-0.2, 0) is 0 Å². The highest BCUT2D eigenvalue weighted by molar-refractivity contribution is 4.39. The summed E-state index contributed by atoms with van der Waals surface area (Å²) in [6, 6.07) is 0. The van der Waals surface area contributed by atoms with Gasteiger partial charge in [-0.2, -0.15) is 0 Å². The first-order valence-corrected chi connectivity index (χ1v) is 8.68. The van der Waals surface area contributed by atoms with E-state index in [9.17, 15) is 0 Å². The van der Waals surface area contributed by atoms with Gasteiger partial charge in [0.1, 0.15) is 0 Å². The van der Waals surface area contributed by atoms with E-state index in [4.69, 9.17) is 20.4 Å². The molecular formula is C17H40O4. The van der Waals surface area contributed by atoms with E-state index in [1.165, 1.54) is 25.7 Å². The molecule has 4 nitrogen and oxygen atoms in total. The zero-order chi connectivity index (χ0) is 16.6. The minimum atomic E-state index is 0.250. The summed E-state index contributed by atoms with van der Waals surface area (Å²) in [5.41, 5.74) is 0. The Morgan fingerprint density at radius 1 is 0.381 bits per heavy atom. The van der Waals surface area contributed by atoms with Crippen molar-refractivity contribution in [2.75, 3.05) is 26.4 Å². The number of aliphatic hydroxyl groups excluding tert-OH is 4. The lowest BCUT2D eigenvalue weighted by molar-refractivity contribution is 0.257. The first kappa shape index (κ1) is 25.8. The number of aliphatic hydroxyl groups is 4. The van der Waals surface area contributed by atoms with Crippen molar-refractivity contribution in [2.24, 2.45) is 0 Å². The van der Waals surface area contributed by atoms with Gasteiger partial charge in [0.05, 0.1) is 0 Å². The second-order valence-corrected chi connectivity index (χ2v) is 5.08. The third kappa shape index (κ3) is 45.0. The Balaban J connectivity index is -0.000000234. The van der Waals surface area contributed by atoms with Crippen LogP contribution in [0.15, 0.2) is 0 Å². The molecule has 0 aromatic carbocycles. The van der Waals surface area contributed by atoms with Crippen molar-refractivity contribution in [1.82, 2.24) is 0 Å². The van der Waals surface area contributed by atoms with E-state index >= 15 is 0 Å². The molecule has 0 aromatic rings. The molecule has 0 saturated heterocycles. The molecule has 0 amide bonds. The summed E-state index contributed by atoms with van der Waals surface area (Å²) in [6.07, 6.45) is 11.9. The number of rotatable bonds is 12. The Morgan fingerprint density at radius 2 is 0.619 bits per heavy atom. The summed E-state index contributed by atoms with van der Waals surface area (Å²) in [5.74, 6) is 0. The molecule has 0 atom stereocenters. The quantitative estimate of drug-likeness (QED) is 0.417. The molecule has 0 aliphatic heterocycles. The van der Waals surface area contributed by atoms with Crippen LogP contribution >= 0.6 is 0 Å². The highest BCUT2D eigenvalue weighted by Gasteiger charge is 1.84. The fourth-order valence-corrected chi connectivity index (χ4v) is 1.48. The van der Waals surface area contributed by atoms with Gasteiger partial charge < -0.3 is 20.4 Å². The molecule has 0 saturated carbocycles. The Bertz CT molecular complexity index is 118. The Morgan fingerprint density at radius 3 is 0.810 bits per heavy atom. The van der Waals surface area contributed by atoms with Crippen LogP contribution in [0, 0.1) is 0 Å². The van der Waals surface area contributed by atoms with Gasteiger partial charge in [-0.05, 0) is 32.1 Å². The molecule has 0 rings (SSSR count). The summed E-state index contributed by atoms with van der Waals surface area (Å²) in [5, 5.41) is 33.0. The Kier molecular flexibility index (Phi) is 39.2. The van der Waals surface area contributed by atoms with Crippen molar-refractivity contribution in [3.8, 4) is 0 Å². The molecule has 0 spiro atoms. The Labute approximate surface area is 132 Å². The van der Waals surface area contributed by atoms with E-state index in [1.54, 1.807) is 0 Å². The molecule has 4 N–H and O–H groups in total. The van der Waals surface area contributed by atoms with Gasteiger partial charge in [-0.15, -0.1) is 0 Å². The molecule has 132 valence electrons. The molecule has 0 aliphatic carbocycles. The van der Waals surface area contributed by atoms with Crippen molar-refractivity contribution in [2.45, 2.75) is 84.5 Å². The van der Waals surface area contributed by atoms with Crippen molar-refractivity contribution >= 4 is 0 Å². The fraction of sp³-hybridized carbons (Fsp3) is 1.00. The topological polar surface area (TPSA) is 80.9 Å². The van der Waals surface area contributed by atoms with E-state index < -0.39 is 0 Å². The molecule has 0 radical (unpaired) electrons. The summed E-state index contributed by atoms with van der Waals surface area (Å²) in [7, 11) is 0. The number of hydrogen-bond acceptors (Lipinski definition) is 4. The standard InChI is InChI=1S/C6H14O2.C6H14.C5H12O2/c7-5-3-1-2-4-6-8;1-3-5-6-4-2;6-4-2-1-3-5-7/h7-8H,1-6H2;3-6H2,1-2H3;6-7H,1-5H2. The van der Waals surface area contributed by atoms with E-state index in [0.29, 0.717) is 0 Å². The maximum atomic E-state index is 8.30. The first-order valence-electron chi connectivity index (χ1n) is 8.68. The summed E-state index contributed by atoms with van der Waals surface area (Å²) in [6.45, 7) is 5.53. The van der Waals surface area contributed by atoms with Gasteiger partial charge in [0, 0.05) is 26.4 Å². The maximum Gasteiger partial charge on any atom is 0.0431 e. The third-order valence-corrected chi connectivity index (χ3v) is 2.84. The highest BCUT2D eigenvalue weighted by atomic mass is 16.3. The van der Waals surface area contributed by atoms with Gasteiger partial charge in [-0.3, -0.25) is 0 Å². The van der Waals surface area contributed by atoms with E-state index in [-0.39, 0.29) is 26.4 Å². The predicted octanol–water partition coefficient (Wildman–Crippen LogP) is 3.26. The monoisotopic (exact) mass is 308 g/mol. The van der Waals surface area contributed by atoms with Crippen molar-refractivity contribution < 1.29 is 20.4 Å². The zero-order valence-corrected chi connectivity index (χ0v) is 14.4. The fourth-order valence-electron chi connectivity index (χ4n) is 1.48. The van der Waals surface area contributed by atoms with Crippen LogP contribution in [0.2, 0.25) is 0 Å². The zero-order valence-electron chi connectivity index (χ0n) is 14.4. The average Bonchev–Trinajstić information content (AvgIpc) is 2.51. The van der Waals surface area contributed by atoms with Gasteiger partial charge >= 0.3 is 0 Å². The summed E-state index contributed by atoms with van der Waals surface area (Å²) >= 11 is 0. The maximum absolute atomic E-state index is 8.30. The van der Waals surface area contributed by atoms with Crippen molar-refractivity contribution in [3.63, 3.8) is 0 Å². The minimum Gasteiger partial charge on any atom is -0.396 e. The molecule has 0 aliphatic rings. The normalized spacial score (nSPS) is 9.43. The molecule has 0 bridgehead atoms. The predicted molar refractivity (Wildman–Crippen MR) is 90.5 cm³/mol. The molecule has 0 aromatic heterocycles. The van der Waals surface area contributed by atoms with Crippen LogP contribution in [0.4, 0.5) is 0 Å². The van der Waals surface area contributed by atoms with Crippen LogP contribution < -0.4 is 0 Å². The lowest BCUT2D eigenvalue weighted by Gasteiger charge is -1.93. The molecule has 21 heavy (non-hydrogen) atoms. The van der Waals surface area contributed by atoms with E-state index in [1.807, 2.05) is 0 Å². The molecule has 0 unspecified atom stereocenters. The SMILES string of the molecule is CCCCCC.OCCCCCCO.OCCCCCO. The lowest BCUT2D eigenvalue weighted by Crippen LogP contribution is -1.85. The van der Waals surface area contributed by atoms with Gasteiger partial charge in [-0.1, -0.05) is 52.4 Å². The third-order valence-electron chi connectivity index (χ3n) is 2.84. The van der Waals surface area contributed by atoms with Gasteiger partial charge in [0.25, 0.3) is 0 Å². The molecule has 0 fully saturated rings. The van der Waals surface area contributed by atoms with Crippen molar-refractivity contribution in [3.05, 3.63) is 0 Å². The molecular weight excluding hydrogens is 268 g/mol. The molecule has 0 heterocycles. The van der Waals surface area contributed by atoms with Crippen LogP contribution in [0.5, 0.6) is 0 Å². The summed E-state index contributed by atoms with van der Waals surface area (Å²) < 4.78 is 0.